The van der Waals surface area contributed by atoms with E-state index in [0.29, 0.717) is 35.5 Å². The Bertz CT molecular complexity index is 3160. The number of nitrogens with zero attached hydrogens (tertiary/aromatic N) is 2. The average Bonchev–Trinajstić information content (AvgIpc) is 4.03. The van der Waals surface area contributed by atoms with Crippen LogP contribution in [0.2, 0.25) is 0 Å². The van der Waals surface area contributed by atoms with Crippen LogP contribution in [0.3, 0.4) is 0 Å². The lowest BCUT2D eigenvalue weighted by molar-refractivity contribution is 0.422. The van der Waals surface area contributed by atoms with Gasteiger partial charge in [0, 0.05) is 46.5 Å². The zero-order valence-electron chi connectivity index (χ0n) is 42.8. The summed E-state index contributed by atoms with van der Waals surface area (Å²) in [5.41, 5.74) is 17.0. The summed E-state index contributed by atoms with van der Waals surface area (Å²) in [4.78, 5) is 8.15. The summed E-state index contributed by atoms with van der Waals surface area (Å²) in [6, 6.07) is 18.3. The molecule has 14 rings (SSSR count). The molecular formula is C69H70N4O. The van der Waals surface area contributed by atoms with Gasteiger partial charge in [-0.2, -0.15) is 0 Å². The van der Waals surface area contributed by atoms with E-state index >= 15 is 0 Å². The van der Waals surface area contributed by atoms with E-state index in [0.717, 1.165) is 75.1 Å². The molecule has 10 unspecified atom stereocenters. The molecule has 0 aromatic heterocycles. The summed E-state index contributed by atoms with van der Waals surface area (Å²) in [6.07, 6.45) is 69.1. The van der Waals surface area contributed by atoms with Crippen molar-refractivity contribution in [3.8, 4) is 5.75 Å². The van der Waals surface area contributed by atoms with E-state index in [1.165, 1.54) is 88.1 Å². The molecule has 0 spiro atoms. The molecule has 10 atom stereocenters. The van der Waals surface area contributed by atoms with E-state index in [-0.39, 0.29) is 24.3 Å². The molecular weight excluding hydrogens is 901 g/mol. The molecule has 0 radical (unpaired) electrons. The Balaban J connectivity index is 0.715. The molecule has 12 aliphatic rings. The quantitative estimate of drug-likeness (QED) is 0.246. The topological polar surface area (TPSA) is 48.9 Å². The zero-order chi connectivity index (χ0) is 49.0. The van der Waals surface area contributed by atoms with Crippen LogP contribution < -0.4 is 20.3 Å². The maximum absolute atomic E-state index is 6.33. The number of allylic oxidation sites excluding steroid dienone is 25. The summed E-state index contributed by atoms with van der Waals surface area (Å²) < 4.78 is 6.33. The largest absolute Gasteiger partial charge is 0.461 e. The van der Waals surface area contributed by atoms with Crippen LogP contribution in [0.15, 0.2) is 243 Å². The molecule has 2 aromatic rings. The molecule has 2 N–H and O–H groups in total. The van der Waals surface area contributed by atoms with Crippen molar-refractivity contribution in [2.75, 3.05) is 4.90 Å². The first-order valence-corrected chi connectivity index (χ1v) is 28.5. The molecule has 5 nitrogen and oxygen atoms in total. The van der Waals surface area contributed by atoms with Crippen LogP contribution >= 0.6 is 0 Å². The minimum Gasteiger partial charge on any atom is -0.461 e. The van der Waals surface area contributed by atoms with E-state index in [1.807, 2.05) is 0 Å². The molecule has 0 bridgehead atoms. The normalized spacial score (nSPS) is 32.5. The Hall–Kier alpha value is -6.69. The molecule has 0 saturated carbocycles. The number of hydrogen-bond acceptors (Lipinski definition) is 5. The second kappa shape index (κ2) is 19.9. The number of amidine groups is 1. The van der Waals surface area contributed by atoms with Gasteiger partial charge < -0.3 is 15.0 Å². The molecule has 9 aliphatic carbocycles. The predicted molar refractivity (Wildman–Crippen MR) is 304 cm³/mol. The number of nitrogens with one attached hydrogen (secondary N) is 2. The van der Waals surface area contributed by atoms with Crippen molar-refractivity contribution in [3.63, 3.8) is 0 Å². The number of aliphatic imine (C=N–C) groups is 1. The van der Waals surface area contributed by atoms with Gasteiger partial charge in [0.05, 0.1) is 6.04 Å². The predicted octanol–water partition coefficient (Wildman–Crippen LogP) is 15.8. The van der Waals surface area contributed by atoms with E-state index < -0.39 is 0 Å². The van der Waals surface area contributed by atoms with Gasteiger partial charge in [-0.05, 0) is 182 Å². The van der Waals surface area contributed by atoms with Gasteiger partial charge in [-0.3, -0.25) is 5.32 Å². The van der Waals surface area contributed by atoms with Crippen LogP contribution in [0.4, 0.5) is 5.69 Å². The molecule has 0 saturated heterocycles. The lowest BCUT2D eigenvalue weighted by atomic mass is 9.71. The molecule has 0 amide bonds. The van der Waals surface area contributed by atoms with Crippen LogP contribution in [0, 0.1) is 35.5 Å². The van der Waals surface area contributed by atoms with Crippen molar-refractivity contribution in [3.05, 3.63) is 249 Å². The van der Waals surface area contributed by atoms with Crippen LogP contribution in [0.5, 0.6) is 5.75 Å². The zero-order valence-corrected chi connectivity index (χ0v) is 42.8. The Labute approximate surface area is 439 Å². The van der Waals surface area contributed by atoms with Crippen LogP contribution in [-0.4, -0.2) is 18.0 Å². The summed E-state index contributed by atoms with van der Waals surface area (Å²) >= 11 is 0. The third kappa shape index (κ3) is 8.59. The second-order valence-corrected chi connectivity index (χ2v) is 22.7. The van der Waals surface area contributed by atoms with Crippen LogP contribution in [0.25, 0.3) is 0 Å². The van der Waals surface area contributed by atoms with Crippen molar-refractivity contribution in [2.24, 2.45) is 40.5 Å². The standard InChI is InChI=1S/C69H70N4O/c1-3-15-45(16-4-1)47-27-31-49(32-28-47)67-70-68(50-33-29-48(30-34-50)46-17-5-2-6-18-46)72-69(71-67)51-35-39-54(40-36-51)73-63-25-13-11-23-59(63)61-43-52(37-41-64(61)73)55-19-7-9-21-57(55)58-22-10-8-20-56(58)53-38-42-66-62(44-53)60-24-12-14-26-65(60)74-66/h1,3-5,12-15,17,20-22,24-27,29-33,35-43,45-47,50,55,61-62,64,67,69,71H,2,6-11,16,18-19,23,28,34,44H2,(H,70,72). The number of fused-ring (bicyclic) bond motifs is 5. The Morgan fingerprint density at radius 3 is 2.35 bits per heavy atom. The van der Waals surface area contributed by atoms with Gasteiger partial charge in [-0.25, -0.2) is 4.99 Å². The smallest absolute Gasteiger partial charge is 0.130 e. The van der Waals surface area contributed by atoms with Gasteiger partial charge in [0.15, 0.2) is 0 Å². The molecule has 372 valence electrons. The minimum atomic E-state index is -0.163. The number of anilines is 1. The SMILES string of the molecule is C1=CCC(C2C=CC(C3NC(C4C=CC(C5C=CCCC5)=CC4)=NC(c4ccc(N5C6=C(CCC=C6)C6C=C(C7CCCC=C7C7=CCCC=C7C7=CC=C8Oc9ccccc9C8C7)C=CC65)cc4)N3)=CC2)C=C1. The number of rotatable bonds is 9. The van der Waals surface area contributed by atoms with Gasteiger partial charge >= 0.3 is 0 Å². The summed E-state index contributed by atoms with van der Waals surface area (Å²) in [7, 11) is 0. The van der Waals surface area contributed by atoms with Crippen molar-refractivity contribution in [1.29, 1.82) is 0 Å². The summed E-state index contributed by atoms with van der Waals surface area (Å²) in [6.45, 7) is 0. The van der Waals surface area contributed by atoms with Gasteiger partial charge in [0.1, 0.15) is 29.7 Å². The number of benzene rings is 2. The third-order valence-corrected chi connectivity index (χ3v) is 18.4. The van der Waals surface area contributed by atoms with Gasteiger partial charge in [0.2, 0.25) is 0 Å². The number of para-hydroxylation sites is 1. The highest BCUT2D eigenvalue weighted by atomic mass is 16.5. The van der Waals surface area contributed by atoms with Gasteiger partial charge in [-0.1, -0.05) is 152 Å². The van der Waals surface area contributed by atoms with E-state index in [1.54, 1.807) is 11.1 Å². The minimum absolute atomic E-state index is 0.0227. The van der Waals surface area contributed by atoms with E-state index in [9.17, 15) is 0 Å². The van der Waals surface area contributed by atoms with Crippen LogP contribution in [0.1, 0.15) is 113 Å². The first kappa shape index (κ1) is 45.9. The van der Waals surface area contributed by atoms with Crippen molar-refractivity contribution >= 4 is 11.5 Å². The second-order valence-electron chi connectivity index (χ2n) is 22.7. The Morgan fingerprint density at radius 2 is 1.50 bits per heavy atom. The molecule has 3 heterocycles. The van der Waals surface area contributed by atoms with E-state index in [4.69, 9.17) is 9.73 Å². The lowest BCUT2D eigenvalue weighted by Gasteiger charge is -2.37. The maximum Gasteiger partial charge on any atom is 0.130 e. The maximum atomic E-state index is 6.33. The monoisotopic (exact) mass is 971 g/mol. The first-order valence-electron chi connectivity index (χ1n) is 28.5. The van der Waals surface area contributed by atoms with Crippen LogP contribution in [-0.2, 0) is 0 Å². The Kier molecular flexibility index (Phi) is 12.3. The molecule has 2 aromatic carbocycles. The van der Waals surface area contributed by atoms with Gasteiger partial charge in [0.25, 0.3) is 0 Å². The molecule has 5 heteroatoms. The number of ether oxygens (including phenoxy) is 1. The summed E-state index contributed by atoms with van der Waals surface area (Å²) in [5.74, 6) is 6.11. The fraction of sp³-hybridized carbons (Fsp3) is 0.348. The van der Waals surface area contributed by atoms with Gasteiger partial charge in [-0.15, -0.1) is 0 Å². The van der Waals surface area contributed by atoms with E-state index in [2.05, 4.69) is 198 Å². The first-order chi connectivity index (χ1) is 36.7. The fourth-order valence-corrected chi connectivity index (χ4v) is 14.4. The fourth-order valence-electron chi connectivity index (χ4n) is 14.4. The number of hydrogen-bond donors (Lipinski definition) is 2. The molecule has 0 fully saturated rings. The van der Waals surface area contributed by atoms with Crippen molar-refractivity contribution in [2.45, 2.75) is 114 Å². The highest BCUT2D eigenvalue weighted by molar-refractivity contribution is 5.88. The highest BCUT2D eigenvalue weighted by Gasteiger charge is 2.42. The lowest BCUT2D eigenvalue weighted by Crippen LogP contribution is -2.53. The summed E-state index contributed by atoms with van der Waals surface area (Å²) in [5, 5.41) is 7.89. The van der Waals surface area contributed by atoms with Crippen molar-refractivity contribution in [1.82, 2.24) is 10.6 Å². The highest BCUT2D eigenvalue weighted by Crippen LogP contribution is 2.52. The average molecular weight is 971 g/mol. The van der Waals surface area contributed by atoms with Crippen molar-refractivity contribution < 1.29 is 4.74 Å². The molecule has 74 heavy (non-hydrogen) atoms. The molecule has 3 aliphatic heterocycles. The third-order valence-electron chi connectivity index (χ3n) is 18.4. The Morgan fingerprint density at radius 1 is 0.635 bits per heavy atom.